The quantitative estimate of drug-likeness (QED) is 0.731. The highest BCUT2D eigenvalue weighted by Gasteiger charge is 2.14. The molecule has 1 saturated carbocycles. The van der Waals surface area contributed by atoms with Crippen LogP contribution >= 0.6 is 0 Å². The highest BCUT2D eigenvalue weighted by Crippen LogP contribution is 2.26. The average Bonchev–Trinajstić information content (AvgIpc) is 2.25. The zero-order chi connectivity index (χ0) is 10.7. The molecule has 4 N–H and O–H groups in total. The largest absolute Gasteiger partial charge is 0.490 e. The number of nitrogens with two attached hydrogens (primary N) is 2. The predicted octanol–water partition coefficient (Wildman–Crippen LogP) is 2.56. The van der Waals surface area contributed by atoms with Crippen LogP contribution in [0, 0.1) is 0 Å². The van der Waals surface area contributed by atoms with Crippen molar-refractivity contribution in [2.45, 2.75) is 38.2 Å². The lowest BCUT2D eigenvalue weighted by atomic mass is 9.98. The van der Waals surface area contributed by atoms with Crippen molar-refractivity contribution in [1.29, 1.82) is 0 Å². The van der Waals surface area contributed by atoms with Gasteiger partial charge in [-0.05, 0) is 37.8 Å². The Balaban J connectivity index is 2.00. The number of benzene rings is 1. The molecule has 1 aromatic carbocycles. The van der Waals surface area contributed by atoms with Crippen molar-refractivity contribution < 1.29 is 4.74 Å². The number of anilines is 2. The highest BCUT2D eigenvalue weighted by molar-refractivity contribution is 5.65. The first-order valence-corrected chi connectivity index (χ1v) is 5.57. The van der Waals surface area contributed by atoms with Gasteiger partial charge in [0.15, 0.2) is 0 Å². The van der Waals surface area contributed by atoms with E-state index in [9.17, 15) is 0 Å². The number of rotatable bonds is 2. The molecule has 2 rings (SSSR count). The van der Waals surface area contributed by atoms with Crippen LogP contribution in [0.15, 0.2) is 18.2 Å². The number of hydrogen-bond acceptors (Lipinski definition) is 3. The fraction of sp³-hybridized carbons (Fsp3) is 0.500. The molecule has 0 unspecified atom stereocenters. The second-order valence-corrected chi connectivity index (χ2v) is 4.17. The summed E-state index contributed by atoms with van der Waals surface area (Å²) in [5.74, 6) is 0.841. The van der Waals surface area contributed by atoms with Gasteiger partial charge in [0, 0.05) is 6.07 Å². The van der Waals surface area contributed by atoms with Gasteiger partial charge in [0.25, 0.3) is 0 Å². The van der Waals surface area contributed by atoms with Crippen LogP contribution in [0.4, 0.5) is 11.4 Å². The second kappa shape index (κ2) is 4.43. The number of nitrogen functional groups attached to an aromatic ring is 2. The van der Waals surface area contributed by atoms with E-state index in [-0.39, 0.29) is 0 Å². The number of ether oxygens (including phenoxy) is 1. The van der Waals surface area contributed by atoms with Crippen LogP contribution in [0.5, 0.6) is 5.75 Å². The normalized spacial score (nSPS) is 17.6. The highest BCUT2D eigenvalue weighted by atomic mass is 16.5. The molecule has 0 spiro atoms. The maximum atomic E-state index is 5.86. The minimum atomic E-state index is 0.363. The molecule has 0 aromatic heterocycles. The summed E-state index contributed by atoms with van der Waals surface area (Å²) in [6, 6.07) is 5.50. The van der Waals surface area contributed by atoms with E-state index in [1.165, 1.54) is 19.3 Å². The van der Waals surface area contributed by atoms with Crippen LogP contribution in [-0.4, -0.2) is 6.10 Å². The van der Waals surface area contributed by atoms with Gasteiger partial charge in [0.1, 0.15) is 5.75 Å². The molecule has 1 aromatic rings. The molecule has 82 valence electrons. The monoisotopic (exact) mass is 206 g/mol. The maximum absolute atomic E-state index is 5.86. The van der Waals surface area contributed by atoms with Gasteiger partial charge in [-0.25, -0.2) is 0 Å². The number of hydrogen-bond donors (Lipinski definition) is 2. The van der Waals surface area contributed by atoms with Crippen LogP contribution in [0.1, 0.15) is 32.1 Å². The topological polar surface area (TPSA) is 61.3 Å². The molecule has 1 aliphatic carbocycles. The molecule has 1 fully saturated rings. The molecule has 3 heteroatoms. The van der Waals surface area contributed by atoms with Gasteiger partial charge in [-0.2, -0.15) is 0 Å². The van der Waals surface area contributed by atoms with Gasteiger partial charge in [-0.3, -0.25) is 0 Å². The second-order valence-electron chi connectivity index (χ2n) is 4.17. The third-order valence-electron chi connectivity index (χ3n) is 2.91. The van der Waals surface area contributed by atoms with E-state index < -0.39 is 0 Å². The van der Waals surface area contributed by atoms with E-state index in [4.69, 9.17) is 16.2 Å². The smallest absolute Gasteiger partial charge is 0.121 e. The SMILES string of the molecule is Nc1ccc(OC2CCCCC2)cc1N. The van der Waals surface area contributed by atoms with Gasteiger partial charge in [-0.15, -0.1) is 0 Å². The molecule has 3 nitrogen and oxygen atoms in total. The van der Waals surface area contributed by atoms with E-state index in [0.29, 0.717) is 17.5 Å². The standard InChI is InChI=1S/C12H18N2O/c13-11-7-6-10(8-12(11)14)15-9-4-2-1-3-5-9/h6-9H,1-5,13-14H2. The molecule has 0 radical (unpaired) electrons. The van der Waals surface area contributed by atoms with E-state index in [1.807, 2.05) is 12.1 Å². The zero-order valence-corrected chi connectivity index (χ0v) is 8.91. The Labute approximate surface area is 90.4 Å². The summed E-state index contributed by atoms with van der Waals surface area (Å²) in [6.07, 6.45) is 6.56. The molecule has 0 atom stereocenters. The van der Waals surface area contributed by atoms with Gasteiger partial charge >= 0.3 is 0 Å². The van der Waals surface area contributed by atoms with Crippen LogP contribution in [0.25, 0.3) is 0 Å². The van der Waals surface area contributed by atoms with Crippen molar-refractivity contribution in [2.75, 3.05) is 11.5 Å². The average molecular weight is 206 g/mol. The summed E-state index contributed by atoms with van der Waals surface area (Å²) in [6.45, 7) is 0. The molecule has 0 bridgehead atoms. The lowest BCUT2D eigenvalue weighted by molar-refractivity contribution is 0.155. The maximum Gasteiger partial charge on any atom is 0.121 e. The van der Waals surface area contributed by atoms with Crippen molar-refractivity contribution >= 4 is 11.4 Å². The fourth-order valence-electron chi connectivity index (χ4n) is 2.00. The summed E-state index contributed by atoms with van der Waals surface area (Å²) in [5.41, 5.74) is 12.6. The summed E-state index contributed by atoms with van der Waals surface area (Å²) in [5, 5.41) is 0. The van der Waals surface area contributed by atoms with Crippen molar-refractivity contribution in [3.8, 4) is 5.75 Å². The van der Waals surface area contributed by atoms with Gasteiger partial charge in [0.05, 0.1) is 17.5 Å². The summed E-state index contributed by atoms with van der Waals surface area (Å²) >= 11 is 0. The molecule has 0 saturated heterocycles. The van der Waals surface area contributed by atoms with E-state index in [2.05, 4.69) is 0 Å². The van der Waals surface area contributed by atoms with Crippen molar-refractivity contribution in [1.82, 2.24) is 0 Å². The third-order valence-corrected chi connectivity index (χ3v) is 2.91. The van der Waals surface area contributed by atoms with E-state index >= 15 is 0 Å². The fourth-order valence-corrected chi connectivity index (χ4v) is 2.00. The first-order valence-electron chi connectivity index (χ1n) is 5.57. The molecule has 0 amide bonds. The minimum Gasteiger partial charge on any atom is -0.490 e. The van der Waals surface area contributed by atoms with Crippen molar-refractivity contribution in [3.63, 3.8) is 0 Å². The molecule has 0 heterocycles. The molecular formula is C12H18N2O. The zero-order valence-electron chi connectivity index (χ0n) is 8.91. The van der Waals surface area contributed by atoms with Crippen LogP contribution in [0.2, 0.25) is 0 Å². The first kappa shape index (κ1) is 10.1. The van der Waals surface area contributed by atoms with Crippen molar-refractivity contribution in [3.05, 3.63) is 18.2 Å². The third kappa shape index (κ3) is 2.55. The Morgan fingerprint density at radius 3 is 2.40 bits per heavy atom. The lowest BCUT2D eigenvalue weighted by Crippen LogP contribution is -2.19. The van der Waals surface area contributed by atoms with Crippen molar-refractivity contribution in [2.24, 2.45) is 0 Å². The Hall–Kier alpha value is -1.38. The van der Waals surface area contributed by atoms with E-state index in [1.54, 1.807) is 6.07 Å². The molecule has 0 aliphatic heterocycles. The Morgan fingerprint density at radius 1 is 1.00 bits per heavy atom. The van der Waals surface area contributed by atoms with Crippen LogP contribution in [-0.2, 0) is 0 Å². The Bertz CT molecular complexity index is 332. The predicted molar refractivity (Wildman–Crippen MR) is 62.8 cm³/mol. The summed E-state index contributed by atoms with van der Waals surface area (Å²) in [7, 11) is 0. The lowest BCUT2D eigenvalue weighted by Gasteiger charge is -2.23. The van der Waals surface area contributed by atoms with Gasteiger partial charge in [-0.1, -0.05) is 6.42 Å². The Kier molecular flexibility index (Phi) is 2.99. The van der Waals surface area contributed by atoms with Gasteiger partial charge < -0.3 is 16.2 Å². The van der Waals surface area contributed by atoms with Gasteiger partial charge in [0.2, 0.25) is 0 Å². The summed E-state index contributed by atoms with van der Waals surface area (Å²) < 4.78 is 5.86. The van der Waals surface area contributed by atoms with E-state index in [0.717, 1.165) is 18.6 Å². The Morgan fingerprint density at radius 2 is 1.73 bits per heavy atom. The summed E-state index contributed by atoms with van der Waals surface area (Å²) in [4.78, 5) is 0. The molecular weight excluding hydrogens is 188 g/mol. The van der Waals surface area contributed by atoms with Crippen LogP contribution < -0.4 is 16.2 Å². The minimum absolute atomic E-state index is 0.363. The molecule has 15 heavy (non-hydrogen) atoms. The first-order chi connectivity index (χ1) is 7.25. The molecule has 1 aliphatic rings. The van der Waals surface area contributed by atoms with Crippen LogP contribution in [0.3, 0.4) is 0 Å².